The molecule has 3 aliphatic heterocycles. The van der Waals surface area contributed by atoms with E-state index >= 15 is 0 Å². The van der Waals surface area contributed by atoms with Gasteiger partial charge in [-0.25, -0.2) is 4.79 Å². The molecule has 1 spiro atoms. The van der Waals surface area contributed by atoms with Crippen LogP contribution in [0.4, 0.5) is 0 Å². The molecule has 2 unspecified atom stereocenters. The van der Waals surface area contributed by atoms with Crippen LogP contribution >= 0.6 is 11.6 Å². The van der Waals surface area contributed by atoms with E-state index in [1.54, 1.807) is 31.2 Å². The molecule has 5 rings (SSSR count). The SMILES string of the molecule is COS(C)(=O)=O.Cc1cn([C@H]2C[C@H](O)[C@@H](COC3OC4(COS(=O)(=O)C4)[C@@H](OCc4ccc(Cl)cc4)[C@H]3CO)O2)c(=O)[nH]c1=O. The summed E-state index contributed by atoms with van der Waals surface area (Å²) in [6.07, 6.45) is -2.30. The maximum atomic E-state index is 12.2. The highest BCUT2D eigenvalue weighted by molar-refractivity contribution is 7.87. The van der Waals surface area contributed by atoms with Crippen molar-refractivity contribution in [2.24, 2.45) is 5.92 Å². The Kier molecular flexibility index (Phi) is 11.3. The Balaban J connectivity index is 0.000000700. The van der Waals surface area contributed by atoms with Gasteiger partial charge in [-0.3, -0.25) is 22.7 Å². The lowest BCUT2D eigenvalue weighted by molar-refractivity contribution is -0.200. The summed E-state index contributed by atoms with van der Waals surface area (Å²) in [6, 6.07) is 6.92. The number of rotatable bonds is 9. The van der Waals surface area contributed by atoms with Crippen molar-refractivity contribution in [1.82, 2.24) is 9.55 Å². The van der Waals surface area contributed by atoms with Crippen LogP contribution in [-0.4, -0.2) is 106 Å². The number of nitrogens with zero attached hydrogens (tertiary/aromatic N) is 1. The molecule has 1 aromatic heterocycles. The molecule has 16 nitrogen and oxygen atoms in total. The van der Waals surface area contributed by atoms with E-state index in [0.29, 0.717) is 10.6 Å². The minimum absolute atomic E-state index is 0.0667. The number of aliphatic hydroxyl groups excluding tert-OH is 2. The molecule has 3 saturated heterocycles. The average Bonchev–Trinajstić information content (AvgIpc) is 3.59. The normalized spacial score (nSPS) is 30.8. The predicted molar refractivity (Wildman–Crippen MR) is 156 cm³/mol. The number of nitrogens with one attached hydrogen (secondary N) is 1. The van der Waals surface area contributed by atoms with Gasteiger partial charge in [0.2, 0.25) is 0 Å². The van der Waals surface area contributed by atoms with Crippen LogP contribution in [0.3, 0.4) is 0 Å². The zero-order valence-electron chi connectivity index (χ0n) is 24.5. The first-order chi connectivity index (χ1) is 21.1. The van der Waals surface area contributed by atoms with Crippen molar-refractivity contribution in [3.63, 3.8) is 0 Å². The van der Waals surface area contributed by atoms with Crippen molar-refractivity contribution in [3.05, 3.63) is 67.4 Å². The Hall–Kier alpha value is -2.23. The van der Waals surface area contributed by atoms with E-state index in [9.17, 15) is 36.6 Å². The highest BCUT2D eigenvalue weighted by atomic mass is 35.5. The first-order valence-electron chi connectivity index (χ1n) is 13.6. The van der Waals surface area contributed by atoms with Gasteiger partial charge in [0.25, 0.3) is 25.8 Å². The fraction of sp³-hybridized carbons (Fsp3) is 0.615. The molecule has 3 aliphatic rings. The number of hydrogen-bond acceptors (Lipinski definition) is 14. The molecule has 252 valence electrons. The van der Waals surface area contributed by atoms with Crippen molar-refractivity contribution in [3.8, 4) is 0 Å². The molecule has 0 bridgehead atoms. The molecule has 2 aromatic rings. The summed E-state index contributed by atoms with van der Waals surface area (Å²) in [7, 11) is -5.93. The molecule has 0 aliphatic carbocycles. The lowest BCUT2D eigenvalue weighted by atomic mass is 9.92. The third kappa shape index (κ3) is 8.77. The molecule has 1 aromatic carbocycles. The average molecular weight is 699 g/mol. The number of aliphatic hydroxyl groups is 2. The second kappa shape index (κ2) is 14.3. The van der Waals surface area contributed by atoms with Gasteiger partial charge in [0.1, 0.15) is 29.8 Å². The first kappa shape index (κ1) is 35.6. The van der Waals surface area contributed by atoms with Crippen LogP contribution in [0.1, 0.15) is 23.8 Å². The Labute approximate surface area is 264 Å². The summed E-state index contributed by atoms with van der Waals surface area (Å²) >= 11 is 5.94. The number of aryl methyl sites for hydroxylation is 1. The number of H-pyrrole nitrogens is 1. The highest BCUT2D eigenvalue weighted by Gasteiger charge is 2.62. The third-order valence-electron chi connectivity index (χ3n) is 7.45. The molecule has 3 fully saturated rings. The Bertz CT molecular complexity index is 1660. The van der Waals surface area contributed by atoms with E-state index in [4.69, 9.17) is 34.7 Å². The first-order valence-corrected chi connectivity index (χ1v) is 17.4. The fourth-order valence-corrected chi connectivity index (χ4v) is 6.63. The summed E-state index contributed by atoms with van der Waals surface area (Å²) in [5.74, 6) is -1.27. The van der Waals surface area contributed by atoms with Gasteiger partial charge in [-0.2, -0.15) is 16.8 Å². The van der Waals surface area contributed by atoms with E-state index in [0.717, 1.165) is 18.9 Å². The van der Waals surface area contributed by atoms with Crippen molar-refractivity contribution in [1.29, 1.82) is 0 Å². The number of ether oxygens (including phenoxy) is 4. The summed E-state index contributed by atoms with van der Waals surface area (Å²) < 4.78 is 78.0. The molecule has 4 heterocycles. The lowest BCUT2D eigenvalue weighted by Gasteiger charge is -2.28. The topological polar surface area (TPSA) is 219 Å². The molecule has 0 saturated carbocycles. The van der Waals surface area contributed by atoms with Gasteiger partial charge in [-0.1, -0.05) is 23.7 Å². The molecular weight excluding hydrogens is 664 g/mol. The van der Waals surface area contributed by atoms with Gasteiger partial charge in [-0.05, 0) is 24.6 Å². The van der Waals surface area contributed by atoms with E-state index in [1.807, 2.05) is 0 Å². The van der Waals surface area contributed by atoms with Crippen molar-refractivity contribution >= 4 is 31.8 Å². The zero-order chi connectivity index (χ0) is 33.2. The third-order valence-corrected chi connectivity index (χ3v) is 9.63. The fourth-order valence-electron chi connectivity index (χ4n) is 5.13. The minimum Gasteiger partial charge on any atom is -0.396 e. The van der Waals surface area contributed by atoms with Crippen LogP contribution in [-0.2, 0) is 54.2 Å². The second-order valence-corrected chi connectivity index (χ2v) is 14.7. The molecule has 3 N–H and O–H groups in total. The lowest BCUT2D eigenvalue weighted by Crippen LogP contribution is -2.47. The summed E-state index contributed by atoms with van der Waals surface area (Å²) in [5.41, 5.74) is -1.52. The summed E-state index contributed by atoms with van der Waals surface area (Å²) in [4.78, 5) is 26.1. The Morgan fingerprint density at radius 3 is 2.44 bits per heavy atom. The zero-order valence-corrected chi connectivity index (χ0v) is 26.9. The summed E-state index contributed by atoms with van der Waals surface area (Å²) in [6.45, 7) is 0.692. The molecular formula is C26H35ClN2O14S2. The highest BCUT2D eigenvalue weighted by Crippen LogP contribution is 2.43. The smallest absolute Gasteiger partial charge is 0.330 e. The number of aromatic amines is 1. The van der Waals surface area contributed by atoms with Crippen LogP contribution in [0.25, 0.3) is 0 Å². The van der Waals surface area contributed by atoms with Crippen LogP contribution in [0.5, 0.6) is 0 Å². The second-order valence-electron chi connectivity index (χ2n) is 10.8. The number of aromatic nitrogens is 2. The van der Waals surface area contributed by atoms with Gasteiger partial charge < -0.3 is 29.2 Å². The number of benzene rings is 1. The van der Waals surface area contributed by atoms with Gasteiger partial charge in [-0.15, -0.1) is 0 Å². The van der Waals surface area contributed by atoms with Crippen LogP contribution < -0.4 is 11.2 Å². The van der Waals surface area contributed by atoms with Gasteiger partial charge in [0, 0.05) is 23.2 Å². The van der Waals surface area contributed by atoms with E-state index in [-0.39, 0.29) is 26.2 Å². The van der Waals surface area contributed by atoms with E-state index in [1.165, 1.54) is 10.8 Å². The van der Waals surface area contributed by atoms with Crippen molar-refractivity contribution in [2.45, 2.75) is 56.4 Å². The minimum atomic E-state index is -3.88. The van der Waals surface area contributed by atoms with Crippen molar-refractivity contribution in [2.75, 3.05) is 38.9 Å². The number of halogens is 1. The van der Waals surface area contributed by atoms with Gasteiger partial charge >= 0.3 is 5.69 Å². The molecule has 7 atom stereocenters. The van der Waals surface area contributed by atoms with Gasteiger partial charge in [0.05, 0.1) is 51.8 Å². The molecule has 0 amide bonds. The number of hydrogen-bond donors (Lipinski definition) is 3. The van der Waals surface area contributed by atoms with E-state index < -0.39 is 86.2 Å². The molecule has 45 heavy (non-hydrogen) atoms. The Morgan fingerprint density at radius 1 is 1.20 bits per heavy atom. The Morgan fingerprint density at radius 2 is 1.87 bits per heavy atom. The van der Waals surface area contributed by atoms with Gasteiger partial charge in [0.15, 0.2) is 6.29 Å². The quantitative estimate of drug-likeness (QED) is 0.279. The largest absolute Gasteiger partial charge is 0.396 e. The molecule has 19 heteroatoms. The monoisotopic (exact) mass is 698 g/mol. The van der Waals surface area contributed by atoms with E-state index in [2.05, 4.69) is 9.17 Å². The predicted octanol–water partition coefficient (Wildman–Crippen LogP) is -0.595. The maximum Gasteiger partial charge on any atom is 0.330 e. The van der Waals surface area contributed by atoms with Crippen LogP contribution in [0.2, 0.25) is 5.02 Å². The standard InChI is InChI=1S/C24H29ClN2O11S.C2H6O3S/c1-13-7-27(23(31)26-21(13)30)19-6-17(29)18(37-19)10-35-22-16(8-28)20(24(38-22)11-36-39(32,33)12-24)34-9-14-2-4-15(25)5-3-14;1-5-6(2,3)4/h2-5,7,16-20,22,28-29H,6,8-12H2,1H3,(H,26,30,31);1-2H3/t16-,17+,18-,19-,20+,22?,24?;/m1./s1. The molecule has 0 radical (unpaired) electrons. The van der Waals surface area contributed by atoms with Crippen LogP contribution in [0.15, 0.2) is 40.1 Å². The summed E-state index contributed by atoms with van der Waals surface area (Å²) in [5, 5.41) is 21.4. The maximum absolute atomic E-state index is 12.2. The van der Waals surface area contributed by atoms with Crippen LogP contribution in [0, 0.1) is 12.8 Å². The van der Waals surface area contributed by atoms with Crippen molar-refractivity contribution < 1.29 is 54.4 Å².